The number of esters is 1. The third-order valence-corrected chi connectivity index (χ3v) is 7.44. The highest BCUT2D eigenvalue weighted by molar-refractivity contribution is 5.89. The van der Waals surface area contributed by atoms with Crippen LogP contribution in [-0.2, 0) is 25.5 Å². The SMILES string of the molecule is CN[C@@H]1[C@H](O)[C@H](NC)C2O[C@]3(O)C(OC2[C@H]1O)O[C@H](C)C[C@@]3(O)CNCc1cccc(C(=O)OC)c1. The van der Waals surface area contributed by atoms with Crippen molar-refractivity contribution < 1.29 is 44.2 Å². The molecule has 7 N–H and O–H groups in total. The highest BCUT2D eigenvalue weighted by atomic mass is 16.8. The van der Waals surface area contributed by atoms with Crippen LogP contribution >= 0.6 is 0 Å². The molecule has 10 atom stereocenters. The third kappa shape index (κ3) is 4.67. The van der Waals surface area contributed by atoms with Crippen LogP contribution in [0.2, 0.25) is 0 Å². The second-order valence-electron chi connectivity index (χ2n) is 9.80. The first-order valence-electron chi connectivity index (χ1n) is 12.1. The molecule has 1 aromatic rings. The summed E-state index contributed by atoms with van der Waals surface area (Å²) in [6.07, 6.45) is -5.96. The van der Waals surface area contributed by atoms with Gasteiger partial charge in [-0.25, -0.2) is 4.79 Å². The summed E-state index contributed by atoms with van der Waals surface area (Å²) in [5.41, 5.74) is -0.664. The van der Waals surface area contributed by atoms with Crippen molar-refractivity contribution >= 4 is 5.97 Å². The van der Waals surface area contributed by atoms with Crippen LogP contribution in [0.25, 0.3) is 0 Å². The van der Waals surface area contributed by atoms with Gasteiger partial charge in [0.05, 0.1) is 37.0 Å². The molecule has 0 amide bonds. The molecule has 3 aliphatic rings. The molecule has 3 unspecified atom stereocenters. The topological polar surface area (TPSA) is 171 Å². The molecule has 202 valence electrons. The standard InChI is InChI=1S/C24H37N3O9/c1-12-9-23(31,11-27-10-13-6-5-7-14(8-13)21(30)33-4)24(32)22(34-12)35-20-18(29)15(25-2)17(28)16(26-3)19(20)36-24/h5-8,12,15-20,22,25-29,31-32H,9-11H2,1-4H3/t12-,15-,16+,17+,18+,19?,20?,22?,23-,24-/m1/s1. The molecule has 36 heavy (non-hydrogen) atoms. The minimum absolute atomic E-state index is 0.0322. The van der Waals surface area contributed by atoms with E-state index in [1.165, 1.54) is 7.11 Å². The van der Waals surface area contributed by atoms with Gasteiger partial charge in [0.1, 0.15) is 23.9 Å². The van der Waals surface area contributed by atoms with Gasteiger partial charge in [-0.05, 0) is 38.7 Å². The molecule has 2 aliphatic heterocycles. The maximum absolute atomic E-state index is 11.8. The first-order chi connectivity index (χ1) is 17.1. The van der Waals surface area contributed by atoms with E-state index in [0.717, 1.165) is 5.56 Å². The summed E-state index contributed by atoms with van der Waals surface area (Å²) in [5.74, 6) is -2.74. The highest BCUT2D eigenvalue weighted by Crippen LogP contribution is 2.46. The van der Waals surface area contributed by atoms with Crippen LogP contribution in [0.15, 0.2) is 24.3 Å². The van der Waals surface area contributed by atoms with E-state index < -0.39 is 66.3 Å². The van der Waals surface area contributed by atoms with Gasteiger partial charge in [0.2, 0.25) is 12.1 Å². The lowest BCUT2D eigenvalue weighted by molar-refractivity contribution is -0.482. The number of hydrogen-bond donors (Lipinski definition) is 7. The average molecular weight is 512 g/mol. The number of fused-ring (bicyclic) bond motifs is 2. The molecular formula is C24H37N3O9. The summed E-state index contributed by atoms with van der Waals surface area (Å²) in [4.78, 5) is 11.8. The maximum Gasteiger partial charge on any atom is 0.337 e. The Morgan fingerprint density at radius 3 is 2.50 bits per heavy atom. The van der Waals surface area contributed by atoms with E-state index in [1.807, 2.05) is 6.07 Å². The Kier molecular flexibility index (Phi) is 8.03. The van der Waals surface area contributed by atoms with Crippen LogP contribution in [0.3, 0.4) is 0 Å². The summed E-state index contributed by atoms with van der Waals surface area (Å²) in [6, 6.07) is 5.45. The number of hydrogen-bond acceptors (Lipinski definition) is 12. The number of aliphatic hydroxyl groups is 4. The highest BCUT2D eigenvalue weighted by Gasteiger charge is 2.68. The summed E-state index contributed by atoms with van der Waals surface area (Å²) in [7, 11) is 4.56. The smallest absolute Gasteiger partial charge is 0.337 e. The van der Waals surface area contributed by atoms with Crippen molar-refractivity contribution in [2.75, 3.05) is 27.7 Å². The number of carbonyl (C=O) groups is 1. The Bertz CT molecular complexity index is 938. The van der Waals surface area contributed by atoms with Crippen LogP contribution in [0, 0.1) is 0 Å². The van der Waals surface area contributed by atoms with Crippen LogP contribution in [0.4, 0.5) is 0 Å². The first kappa shape index (κ1) is 27.3. The Labute approximate surface area is 209 Å². The van der Waals surface area contributed by atoms with Crippen LogP contribution < -0.4 is 16.0 Å². The molecule has 3 fully saturated rings. The van der Waals surface area contributed by atoms with Gasteiger partial charge in [-0.1, -0.05) is 12.1 Å². The van der Waals surface area contributed by atoms with Crippen molar-refractivity contribution in [3.8, 4) is 0 Å². The Hall–Kier alpha value is -1.71. The molecule has 0 aromatic heterocycles. The Morgan fingerprint density at radius 2 is 1.83 bits per heavy atom. The van der Waals surface area contributed by atoms with Crippen molar-refractivity contribution in [3.63, 3.8) is 0 Å². The molecule has 0 spiro atoms. The van der Waals surface area contributed by atoms with Crippen molar-refractivity contribution in [2.24, 2.45) is 0 Å². The van der Waals surface area contributed by atoms with Gasteiger partial charge >= 0.3 is 5.97 Å². The third-order valence-electron chi connectivity index (χ3n) is 7.44. The molecular weight excluding hydrogens is 474 g/mol. The van der Waals surface area contributed by atoms with Crippen molar-refractivity contribution in [1.82, 2.24) is 16.0 Å². The van der Waals surface area contributed by atoms with E-state index in [0.29, 0.717) is 5.56 Å². The Morgan fingerprint density at radius 1 is 1.11 bits per heavy atom. The minimum Gasteiger partial charge on any atom is -0.465 e. The zero-order valence-electron chi connectivity index (χ0n) is 20.9. The minimum atomic E-state index is -2.29. The fraction of sp³-hybridized carbons (Fsp3) is 0.708. The number of methoxy groups -OCH3 is 1. The molecule has 0 bridgehead atoms. The van der Waals surface area contributed by atoms with Crippen molar-refractivity contribution in [3.05, 3.63) is 35.4 Å². The molecule has 4 rings (SSSR count). The van der Waals surface area contributed by atoms with Crippen molar-refractivity contribution in [1.29, 1.82) is 0 Å². The molecule has 2 heterocycles. The normalized spacial score (nSPS) is 42.3. The molecule has 0 radical (unpaired) electrons. The van der Waals surface area contributed by atoms with Crippen LogP contribution in [-0.4, -0.2) is 114 Å². The van der Waals surface area contributed by atoms with Gasteiger partial charge in [0.15, 0.2) is 0 Å². The van der Waals surface area contributed by atoms with Gasteiger partial charge in [0.25, 0.3) is 0 Å². The number of nitrogens with one attached hydrogen (secondary N) is 3. The zero-order chi connectivity index (χ0) is 26.3. The first-order valence-corrected chi connectivity index (χ1v) is 12.1. The largest absolute Gasteiger partial charge is 0.465 e. The molecule has 12 heteroatoms. The zero-order valence-corrected chi connectivity index (χ0v) is 20.9. The lowest BCUT2D eigenvalue weighted by Gasteiger charge is -2.60. The van der Waals surface area contributed by atoms with E-state index in [-0.39, 0.29) is 19.5 Å². The predicted octanol–water partition coefficient (Wildman–Crippen LogP) is -2.19. The lowest BCUT2D eigenvalue weighted by Crippen LogP contribution is -2.81. The lowest BCUT2D eigenvalue weighted by atomic mass is 9.77. The van der Waals surface area contributed by atoms with Gasteiger partial charge in [-0.15, -0.1) is 0 Å². The molecule has 1 saturated carbocycles. The maximum atomic E-state index is 11.8. The number of likely N-dealkylation sites (N-methyl/N-ethyl adjacent to an activating group) is 2. The molecule has 1 aromatic carbocycles. The van der Waals surface area contributed by atoms with Crippen LogP contribution in [0.5, 0.6) is 0 Å². The van der Waals surface area contributed by atoms with Gasteiger partial charge in [0, 0.05) is 19.5 Å². The summed E-state index contributed by atoms with van der Waals surface area (Å²) >= 11 is 0. The van der Waals surface area contributed by atoms with E-state index >= 15 is 0 Å². The van der Waals surface area contributed by atoms with E-state index in [4.69, 9.17) is 18.9 Å². The Balaban J connectivity index is 1.54. The monoisotopic (exact) mass is 511 g/mol. The fourth-order valence-corrected chi connectivity index (χ4v) is 5.57. The van der Waals surface area contributed by atoms with Gasteiger partial charge in [-0.2, -0.15) is 0 Å². The summed E-state index contributed by atoms with van der Waals surface area (Å²) in [6.45, 7) is 1.94. The number of aliphatic hydroxyl groups excluding tert-OH is 2. The van der Waals surface area contributed by atoms with Crippen LogP contribution in [0.1, 0.15) is 29.3 Å². The number of benzene rings is 1. The van der Waals surface area contributed by atoms with E-state index in [9.17, 15) is 25.2 Å². The second-order valence-corrected chi connectivity index (χ2v) is 9.80. The summed E-state index contributed by atoms with van der Waals surface area (Å²) < 4.78 is 22.7. The van der Waals surface area contributed by atoms with E-state index in [2.05, 4.69) is 16.0 Å². The second kappa shape index (κ2) is 10.6. The van der Waals surface area contributed by atoms with Crippen molar-refractivity contribution in [2.45, 2.75) is 80.2 Å². The number of rotatable bonds is 7. The molecule has 12 nitrogen and oxygen atoms in total. The quantitative estimate of drug-likeness (QED) is 0.198. The number of carbonyl (C=O) groups excluding carboxylic acids is 1. The number of ether oxygens (including phenoxy) is 4. The van der Waals surface area contributed by atoms with E-state index in [1.54, 1.807) is 39.2 Å². The fourth-order valence-electron chi connectivity index (χ4n) is 5.57. The summed E-state index contributed by atoms with van der Waals surface area (Å²) in [5, 5.41) is 54.1. The average Bonchev–Trinajstić information content (AvgIpc) is 2.84. The molecule has 1 aliphatic carbocycles. The van der Waals surface area contributed by atoms with Gasteiger partial charge in [-0.3, -0.25) is 0 Å². The predicted molar refractivity (Wildman–Crippen MR) is 126 cm³/mol. The van der Waals surface area contributed by atoms with Gasteiger partial charge < -0.3 is 55.3 Å². The molecule has 2 saturated heterocycles.